The van der Waals surface area contributed by atoms with Crippen molar-refractivity contribution in [1.82, 2.24) is 10.2 Å². The third-order valence-corrected chi connectivity index (χ3v) is 4.45. The van der Waals surface area contributed by atoms with Crippen LogP contribution >= 0.6 is 23.2 Å². The van der Waals surface area contributed by atoms with Gasteiger partial charge in [0.25, 0.3) is 0 Å². The van der Waals surface area contributed by atoms with Crippen LogP contribution in [0.25, 0.3) is 0 Å². The van der Waals surface area contributed by atoms with E-state index in [1.807, 2.05) is 4.90 Å². The summed E-state index contributed by atoms with van der Waals surface area (Å²) in [5.74, 6) is -0.182. The number of morpholine rings is 1. The molecule has 1 aromatic rings. The van der Waals surface area contributed by atoms with Gasteiger partial charge in [-0.25, -0.2) is 4.99 Å². The molecule has 0 radical (unpaired) electrons. The molecule has 0 spiro atoms. The molecular weight excluding hydrogens is 355 g/mol. The third-order valence-electron chi connectivity index (χ3n) is 3.71. The second-order valence-corrected chi connectivity index (χ2v) is 6.25. The fourth-order valence-corrected chi connectivity index (χ4v) is 2.76. The molecule has 0 aliphatic carbocycles. The van der Waals surface area contributed by atoms with Crippen LogP contribution in [0.4, 0.5) is 5.69 Å². The summed E-state index contributed by atoms with van der Waals surface area (Å²) < 4.78 is 5.28. The number of hydrogen-bond donors (Lipinski definition) is 2. The first-order chi connectivity index (χ1) is 11.5. The fraction of sp³-hybridized carbons (Fsp3) is 0.400. The summed E-state index contributed by atoms with van der Waals surface area (Å²) in [5.41, 5.74) is 0.503. The summed E-state index contributed by atoms with van der Waals surface area (Å²) in [6.07, 6.45) is 0.000987. The van der Waals surface area contributed by atoms with Crippen molar-refractivity contribution in [2.75, 3.05) is 31.6 Å². The smallest absolute Gasteiger partial charge is 0.249 e. The highest BCUT2D eigenvalue weighted by atomic mass is 35.5. The number of benzene rings is 1. The minimum Gasteiger partial charge on any atom is -0.378 e. The fourth-order valence-electron chi connectivity index (χ4n) is 2.46. The highest BCUT2D eigenvalue weighted by Gasteiger charge is 2.29. The third kappa shape index (κ3) is 3.98. The highest BCUT2D eigenvalue weighted by Crippen LogP contribution is 2.25. The Bertz CT molecular complexity index is 689. The number of anilines is 1. The number of carbonyl (C=O) groups excluding carboxylic acids is 2. The molecule has 2 aliphatic heterocycles. The predicted octanol–water partition coefficient (Wildman–Crippen LogP) is 1.51. The quantitative estimate of drug-likeness (QED) is 0.826. The van der Waals surface area contributed by atoms with Gasteiger partial charge in [-0.1, -0.05) is 23.2 Å². The molecule has 0 bridgehead atoms. The molecule has 0 saturated carbocycles. The molecular formula is C15H16Cl2N4O3. The number of aliphatic imine (C=N–C) groups is 1. The molecule has 0 unspecified atom stereocenters. The van der Waals surface area contributed by atoms with Crippen LogP contribution < -0.4 is 10.6 Å². The first kappa shape index (κ1) is 17.0. The Morgan fingerprint density at radius 3 is 2.75 bits per heavy atom. The molecule has 7 nitrogen and oxygen atoms in total. The molecule has 2 amide bonds. The van der Waals surface area contributed by atoms with Crippen molar-refractivity contribution in [3.05, 3.63) is 28.2 Å². The van der Waals surface area contributed by atoms with E-state index < -0.39 is 6.04 Å². The Balaban J connectivity index is 1.72. The van der Waals surface area contributed by atoms with E-state index in [2.05, 4.69) is 15.6 Å². The largest absolute Gasteiger partial charge is 0.378 e. The molecule has 2 aliphatic rings. The van der Waals surface area contributed by atoms with Gasteiger partial charge >= 0.3 is 0 Å². The van der Waals surface area contributed by atoms with Gasteiger partial charge < -0.3 is 15.0 Å². The first-order valence-corrected chi connectivity index (χ1v) is 8.25. The van der Waals surface area contributed by atoms with Gasteiger partial charge in [0.1, 0.15) is 6.04 Å². The Morgan fingerprint density at radius 2 is 2.04 bits per heavy atom. The normalized spacial score (nSPS) is 21.1. The van der Waals surface area contributed by atoms with Gasteiger partial charge in [-0.3, -0.25) is 14.9 Å². The number of halogens is 2. The van der Waals surface area contributed by atoms with E-state index in [-0.39, 0.29) is 18.2 Å². The molecule has 0 aromatic heterocycles. The van der Waals surface area contributed by atoms with Crippen molar-refractivity contribution >= 4 is 46.7 Å². The van der Waals surface area contributed by atoms with Gasteiger partial charge in [0.15, 0.2) is 0 Å². The second kappa shape index (κ2) is 7.38. The molecule has 9 heteroatoms. The van der Waals surface area contributed by atoms with Gasteiger partial charge in [0, 0.05) is 18.8 Å². The average molecular weight is 371 g/mol. The van der Waals surface area contributed by atoms with Gasteiger partial charge in [-0.2, -0.15) is 0 Å². The lowest BCUT2D eigenvalue weighted by Crippen LogP contribution is -2.53. The van der Waals surface area contributed by atoms with E-state index in [9.17, 15) is 9.59 Å². The van der Waals surface area contributed by atoms with E-state index in [0.29, 0.717) is 48.0 Å². The van der Waals surface area contributed by atoms with E-state index in [4.69, 9.17) is 27.9 Å². The van der Waals surface area contributed by atoms with Crippen LogP contribution in [0.2, 0.25) is 10.0 Å². The standard InChI is InChI=1S/C15H16Cl2N4O3/c16-10-2-1-9(7-11(10)17)18-14(23)12-8-13(22)20-15(19-12)21-3-5-24-6-4-21/h1-2,7,12H,3-6,8H2,(H,18,23)(H,19,20,22)/t12-/m0/s1. The first-order valence-electron chi connectivity index (χ1n) is 7.49. The Labute approximate surface area is 149 Å². The van der Waals surface area contributed by atoms with Crippen LogP contribution in [0.5, 0.6) is 0 Å². The maximum Gasteiger partial charge on any atom is 0.249 e. The van der Waals surface area contributed by atoms with E-state index >= 15 is 0 Å². The number of hydrogen-bond acceptors (Lipinski definition) is 5. The molecule has 1 saturated heterocycles. The molecule has 2 N–H and O–H groups in total. The number of amides is 2. The molecule has 1 aromatic carbocycles. The summed E-state index contributed by atoms with van der Waals surface area (Å²) in [7, 11) is 0. The van der Waals surface area contributed by atoms with Gasteiger partial charge in [0.05, 0.1) is 29.7 Å². The van der Waals surface area contributed by atoms with E-state index in [1.54, 1.807) is 18.2 Å². The predicted molar refractivity (Wildman–Crippen MR) is 91.5 cm³/mol. The van der Waals surface area contributed by atoms with Crippen molar-refractivity contribution < 1.29 is 14.3 Å². The molecule has 24 heavy (non-hydrogen) atoms. The van der Waals surface area contributed by atoms with Crippen molar-refractivity contribution in [1.29, 1.82) is 0 Å². The number of nitrogens with zero attached hydrogens (tertiary/aromatic N) is 2. The average Bonchev–Trinajstić information content (AvgIpc) is 2.58. The minimum absolute atomic E-state index is 0.000987. The van der Waals surface area contributed by atoms with E-state index in [1.165, 1.54) is 0 Å². The topological polar surface area (TPSA) is 83.0 Å². The molecule has 1 atom stereocenters. The Kier molecular flexibility index (Phi) is 5.23. The molecule has 2 heterocycles. The number of nitrogens with one attached hydrogen (secondary N) is 2. The molecule has 128 valence electrons. The maximum atomic E-state index is 12.4. The maximum absolute atomic E-state index is 12.4. The summed E-state index contributed by atoms with van der Waals surface area (Å²) in [5, 5.41) is 6.17. The van der Waals surface area contributed by atoms with Gasteiger partial charge in [-0.15, -0.1) is 0 Å². The zero-order chi connectivity index (χ0) is 17.1. The minimum atomic E-state index is -0.786. The number of guanidine groups is 1. The lowest BCUT2D eigenvalue weighted by atomic mass is 10.1. The Hall–Kier alpha value is -1.83. The number of ether oxygens (including phenoxy) is 1. The summed E-state index contributed by atoms with van der Waals surface area (Å²) in [6.45, 7) is 2.38. The summed E-state index contributed by atoms with van der Waals surface area (Å²) in [6, 6.07) is 4.00. The van der Waals surface area contributed by atoms with Crippen LogP contribution in [-0.2, 0) is 14.3 Å². The highest BCUT2D eigenvalue weighted by molar-refractivity contribution is 6.42. The monoisotopic (exact) mass is 370 g/mol. The number of rotatable bonds is 2. The summed E-state index contributed by atoms with van der Waals surface area (Å²) >= 11 is 11.8. The van der Waals surface area contributed by atoms with E-state index in [0.717, 1.165) is 0 Å². The lowest BCUT2D eigenvalue weighted by molar-refractivity contribution is -0.125. The van der Waals surface area contributed by atoms with Crippen LogP contribution in [0, 0.1) is 0 Å². The second-order valence-electron chi connectivity index (χ2n) is 5.44. The zero-order valence-corrected chi connectivity index (χ0v) is 14.2. The molecule has 1 fully saturated rings. The van der Waals surface area contributed by atoms with Crippen LogP contribution in [0.15, 0.2) is 23.2 Å². The summed E-state index contributed by atoms with van der Waals surface area (Å²) in [4.78, 5) is 30.6. The Morgan fingerprint density at radius 1 is 1.29 bits per heavy atom. The van der Waals surface area contributed by atoms with Crippen LogP contribution in [0.1, 0.15) is 6.42 Å². The van der Waals surface area contributed by atoms with Crippen molar-refractivity contribution in [3.8, 4) is 0 Å². The van der Waals surface area contributed by atoms with Gasteiger partial charge in [0.2, 0.25) is 17.8 Å². The zero-order valence-electron chi connectivity index (χ0n) is 12.7. The molecule has 3 rings (SSSR count). The SMILES string of the molecule is O=C1C[C@@H](C(=O)Nc2ccc(Cl)c(Cl)c2)N=C(N2CCOCC2)N1. The number of carbonyl (C=O) groups is 2. The van der Waals surface area contributed by atoms with Crippen molar-refractivity contribution in [3.63, 3.8) is 0 Å². The van der Waals surface area contributed by atoms with Crippen LogP contribution in [0.3, 0.4) is 0 Å². The van der Waals surface area contributed by atoms with Crippen LogP contribution in [-0.4, -0.2) is 55.0 Å². The van der Waals surface area contributed by atoms with Gasteiger partial charge in [-0.05, 0) is 18.2 Å². The van der Waals surface area contributed by atoms with Crippen molar-refractivity contribution in [2.45, 2.75) is 12.5 Å². The lowest BCUT2D eigenvalue weighted by Gasteiger charge is -2.32. The van der Waals surface area contributed by atoms with Crippen molar-refractivity contribution in [2.24, 2.45) is 4.99 Å².